The van der Waals surface area contributed by atoms with Crippen molar-refractivity contribution in [1.82, 2.24) is 9.55 Å². The number of aromatic amines is 1. The van der Waals surface area contributed by atoms with Crippen molar-refractivity contribution < 1.29 is 28.8 Å². The molecule has 0 spiro atoms. The average Bonchev–Trinajstić information content (AvgIpc) is 3.42. The molecule has 0 unspecified atom stereocenters. The number of ether oxygens (including phenoxy) is 3. The number of nitrogens with zero attached hydrogens (tertiary/aromatic N) is 1. The molecule has 0 radical (unpaired) electrons. The van der Waals surface area contributed by atoms with Gasteiger partial charge >= 0.3 is 11.3 Å². The Morgan fingerprint density at radius 3 is 2.53 bits per heavy atom. The highest BCUT2D eigenvalue weighted by Crippen LogP contribution is 2.52. The molecule has 230 valence electrons. The molecule has 3 aromatic rings. The highest BCUT2D eigenvalue weighted by Gasteiger charge is 2.39. The van der Waals surface area contributed by atoms with E-state index in [0.29, 0.717) is 28.2 Å². The number of hydrogen-bond donors (Lipinski definition) is 3. The Bertz CT molecular complexity index is 1780. The summed E-state index contributed by atoms with van der Waals surface area (Å²) >= 11 is 0. The molecule has 3 N–H and O–H groups in total. The maximum Gasteiger partial charge on any atom is 0.336 e. The summed E-state index contributed by atoms with van der Waals surface area (Å²) in [5.74, 6) is 1.10. The van der Waals surface area contributed by atoms with Gasteiger partial charge in [0.1, 0.15) is 29.3 Å². The second-order valence-electron chi connectivity index (χ2n) is 11.8. The first-order valence-corrected chi connectivity index (χ1v) is 14.5. The highest BCUT2D eigenvalue weighted by atomic mass is 16.5. The van der Waals surface area contributed by atoms with Crippen LogP contribution in [0.25, 0.3) is 17.0 Å². The fraction of sp³-hybridized carbons (Fsp3) is 0.469. The quantitative estimate of drug-likeness (QED) is 0.303. The van der Waals surface area contributed by atoms with Crippen molar-refractivity contribution in [2.45, 2.75) is 84.5 Å². The molecule has 5 atom stereocenters. The van der Waals surface area contributed by atoms with E-state index in [-0.39, 0.29) is 18.6 Å². The minimum atomic E-state index is -0.778. The fourth-order valence-corrected chi connectivity index (χ4v) is 5.51. The van der Waals surface area contributed by atoms with Gasteiger partial charge in [0.15, 0.2) is 11.8 Å². The van der Waals surface area contributed by atoms with Gasteiger partial charge in [-0.1, -0.05) is 26.3 Å². The molecule has 11 heteroatoms. The first kappa shape index (κ1) is 30.5. The van der Waals surface area contributed by atoms with E-state index in [1.807, 2.05) is 39.8 Å². The number of aliphatic hydroxyl groups excluding tert-OH is 2. The van der Waals surface area contributed by atoms with E-state index in [0.717, 1.165) is 29.4 Å². The van der Waals surface area contributed by atoms with Crippen LogP contribution in [0.3, 0.4) is 0 Å². The van der Waals surface area contributed by atoms with Gasteiger partial charge in [0.05, 0.1) is 29.2 Å². The summed E-state index contributed by atoms with van der Waals surface area (Å²) in [5.41, 5.74) is 1.23. The predicted molar refractivity (Wildman–Crippen MR) is 161 cm³/mol. The zero-order valence-corrected chi connectivity index (χ0v) is 25.2. The number of aromatic nitrogens is 2. The van der Waals surface area contributed by atoms with Gasteiger partial charge in [-0.2, -0.15) is 0 Å². The van der Waals surface area contributed by atoms with Crippen LogP contribution in [0.1, 0.15) is 75.6 Å². The number of aryl methyl sites for hydroxylation is 2. The van der Waals surface area contributed by atoms with E-state index in [9.17, 15) is 19.5 Å². The molecule has 6 rings (SSSR count). The Hall–Kier alpha value is -3.93. The smallest absolute Gasteiger partial charge is 0.336 e. The summed E-state index contributed by atoms with van der Waals surface area (Å²) in [6, 6.07) is 1.54. The van der Waals surface area contributed by atoms with Crippen LogP contribution in [0, 0.1) is 12.8 Å². The van der Waals surface area contributed by atoms with Crippen LogP contribution < -0.4 is 26.3 Å². The molecule has 0 bridgehead atoms. The average molecular weight is 595 g/mol. The second kappa shape index (κ2) is 11.6. The largest absolute Gasteiger partial charge is 0.489 e. The molecule has 0 amide bonds. The normalized spacial score (nSPS) is 24.9. The molecule has 0 saturated heterocycles. The monoisotopic (exact) mass is 594 g/mol. The summed E-state index contributed by atoms with van der Waals surface area (Å²) < 4.78 is 24.8. The lowest BCUT2D eigenvalue weighted by atomic mass is 9.85. The molecular formula is C32H38N2O9. The van der Waals surface area contributed by atoms with Gasteiger partial charge in [-0.25, -0.2) is 9.59 Å². The molecule has 5 heterocycles. The fourth-order valence-electron chi connectivity index (χ4n) is 5.51. The lowest BCUT2D eigenvalue weighted by molar-refractivity contribution is -0.0104. The maximum atomic E-state index is 12.3. The van der Waals surface area contributed by atoms with Gasteiger partial charge in [-0.3, -0.25) is 14.3 Å². The van der Waals surface area contributed by atoms with Crippen molar-refractivity contribution >= 4 is 17.0 Å². The highest BCUT2D eigenvalue weighted by molar-refractivity contribution is 5.97. The molecule has 0 aliphatic carbocycles. The van der Waals surface area contributed by atoms with Crippen molar-refractivity contribution in [2.75, 3.05) is 6.61 Å². The molecule has 2 aromatic heterocycles. The first-order chi connectivity index (χ1) is 20.3. The number of hydrogen-bond acceptors (Lipinski definition) is 9. The zero-order chi connectivity index (χ0) is 31.2. The summed E-state index contributed by atoms with van der Waals surface area (Å²) in [7, 11) is 0. The van der Waals surface area contributed by atoms with Crippen LogP contribution in [-0.2, 0) is 11.2 Å². The van der Waals surface area contributed by atoms with Gasteiger partial charge in [-0.15, -0.1) is 0 Å². The number of H-pyrrole nitrogens is 1. The Morgan fingerprint density at radius 2 is 1.86 bits per heavy atom. The minimum absolute atomic E-state index is 0.121. The topological polar surface area (TPSA) is 153 Å². The lowest BCUT2D eigenvalue weighted by Crippen LogP contribution is -2.34. The predicted octanol–water partition coefficient (Wildman–Crippen LogP) is 3.67. The first-order valence-electron chi connectivity index (χ1n) is 14.5. The Kier molecular flexibility index (Phi) is 8.26. The van der Waals surface area contributed by atoms with Gasteiger partial charge in [-0.05, 0) is 57.9 Å². The van der Waals surface area contributed by atoms with E-state index < -0.39 is 40.9 Å². The summed E-state index contributed by atoms with van der Waals surface area (Å²) in [5, 5.41) is 20.7. The maximum absolute atomic E-state index is 12.3. The minimum Gasteiger partial charge on any atom is -0.489 e. The number of rotatable bonds is 4. The Balaban J connectivity index is 0.000000196. The SMILES string of the molecule is CCCc1cc(=O)oc2c3c(c4c(c12)OC(C)(C)C=C4)O[C@@H](C)[C@H](C)[C@@H]3O.Cc1cn([C@H]2C=C[C@@H](CO)O2)c(=O)[nH]c1=O. The van der Waals surface area contributed by atoms with E-state index in [1.54, 1.807) is 19.1 Å². The van der Waals surface area contributed by atoms with Crippen molar-refractivity contribution in [3.63, 3.8) is 0 Å². The summed E-state index contributed by atoms with van der Waals surface area (Å²) in [4.78, 5) is 37.1. The van der Waals surface area contributed by atoms with Gasteiger partial charge in [0, 0.05) is 23.7 Å². The molecule has 3 aliphatic rings. The molecular weight excluding hydrogens is 556 g/mol. The molecule has 0 saturated carbocycles. The standard InChI is InChI=1S/C22H26O5.C10H12N2O4/c1-6-7-13-10-15(23)26-21-16(13)20-14(8-9-22(4,5)27-20)19-17(21)18(24)11(2)12(3)25-19;1-6-4-12(10(15)11-9(6)14)8-3-2-7(5-13)16-8/h8-12,18,24H,6-7H2,1-5H3;2-4,7-8,13H,5H2,1H3,(H,11,14,15)/t11-,12-,18-;7-,8+/m00/s1. The third-order valence-corrected chi connectivity index (χ3v) is 8.03. The van der Waals surface area contributed by atoms with E-state index in [4.69, 9.17) is 23.7 Å². The third kappa shape index (κ3) is 5.72. The van der Waals surface area contributed by atoms with Crippen LogP contribution in [0.5, 0.6) is 11.5 Å². The van der Waals surface area contributed by atoms with Crippen LogP contribution in [0.4, 0.5) is 0 Å². The number of aliphatic hydroxyl groups is 2. The zero-order valence-electron chi connectivity index (χ0n) is 25.2. The van der Waals surface area contributed by atoms with E-state index in [2.05, 4.69) is 11.9 Å². The van der Waals surface area contributed by atoms with Gasteiger partial charge < -0.3 is 28.8 Å². The van der Waals surface area contributed by atoms with Crippen molar-refractivity contribution in [3.8, 4) is 11.5 Å². The summed E-state index contributed by atoms with van der Waals surface area (Å²) in [6.07, 6.45) is 8.46. The second-order valence-corrected chi connectivity index (χ2v) is 11.8. The number of nitrogens with one attached hydrogen (secondary N) is 1. The van der Waals surface area contributed by atoms with Crippen LogP contribution in [0.15, 0.2) is 49.3 Å². The summed E-state index contributed by atoms with van der Waals surface area (Å²) in [6.45, 7) is 11.4. The lowest BCUT2D eigenvalue weighted by Gasteiger charge is -2.37. The van der Waals surface area contributed by atoms with Crippen LogP contribution in [-0.4, -0.2) is 44.2 Å². The van der Waals surface area contributed by atoms with E-state index in [1.165, 1.54) is 16.8 Å². The molecule has 1 aromatic carbocycles. The Morgan fingerprint density at radius 1 is 1.12 bits per heavy atom. The van der Waals surface area contributed by atoms with Crippen molar-refractivity contribution in [3.05, 3.63) is 84.0 Å². The van der Waals surface area contributed by atoms with Crippen LogP contribution >= 0.6 is 0 Å². The van der Waals surface area contributed by atoms with Gasteiger partial charge in [0.2, 0.25) is 0 Å². The molecule has 11 nitrogen and oxygen atoms in total. The van der Waals surface area contributed by atoms with Crippen molar-refractivity contribution in [1.29, 1.82) is 0 Å². The van der Waals surface area contributed by atoms with Crippen LogP contribution in [0.2, 0.25) is 0 Å². The number of benzene rings is 1. The van der Waals surface area contributed by atoms with Crippen molar-refractivity contribution in [2.24, 2.45) is 5.92 Å². The third-order valence-electron chi connectivity index (χ3n) is 8.03. The Labute approximate surface area is 248 Å². The molecule has 3 aliphatic heterocycles. The van der Waals surface area contributed by atoms with E-state index >= 15 is 0 Å². The number of fused-ring (bicyclic) bond motifs is 6. The molecule has 0 fully saturated rings. The van der Waals surface area contributed by atoms with Gasteiger partial charge in [0.25, 0.3) is 5.56 Å². The molecule has 43 heavy (non-hydrogen) atoms.